The Bertz CT molecular complexity index is 187. The summed E-state index contributed by atoms with van der Waals surface area (Å²) in [4.78, 5) is 0. The second-order valence-corrected chi connectivity index (χ2v) is 4.70. The summed E-state index contributed by atoms with van der Waals surface area (Å²) in [7, 11) is 0.384. The standard InChI is InChI=1S/C7H10S2/c1-8-7-5-3-4-6-9(7)2/h3-6H,1-2H3. The molecule has 0 aromatic rings. The number of hydrogen-bond donors (Lipinski definition) is 0. The molecular weight excluding hydrogens is 148 g/mol. The van der Waals surface area contributed by atoms with E-state index in [0.717, 1.165) is 0 Å². The Morgan fingerprint density at radius 1 is 1.44 bits per heavy atom. The molecule has 9 heavy (non-hydrogen) atoms. The Labute approximate surface area is 63.0 Å². The van der Waals surface area contributed by atoms with E-state index < -0.39 is 0 Å². The first-order valence-electron chi connectivity index (χ1n) is 2.75. The van der Waals surface area contributed by atoms with Crippen molar-refractivity contribution in [2.45, 2.75) is 0 Å². The number of hydrogen-bond acceptors (Lipinski definition) is 1. The second kappa shape index (κ2) is 3.28. The van der Waals surface area contributed by atoms with Crippen LogP contribution in [-0.4, -0.2) is 16.7 Å². The van der Waals surface area contributed by atoms with Crippen LogP contribution in [0.15, 0.2) is 23.6 Å². The zero-order valence-corrected chi connectivity index (χ0v) is 7.26. The maximum absolute atomic E-state index is 2.24. The molecule has 0 N–H and O–H groups in total. The summed E-state index contributed by atoms with van der Waals surface area (Å²) in [5, 5.41) is 2.24. The minimum absolute atomic E-state index is 0.384. The summed E-state index contributed by atoms with van der Waals surface area (Å²) >= 11 is 1.84. The lowest BCUT2D eigenvalue weighted by atomic mass is 10.5. The lowest BCUT2D eigenvalue weighted by Gasteiger charge is -2.04. The van der Waals surface area contributed by atoms with Crippen molar-refractivity contribution in [1.29, 1.82) is 0 Å². The highest BCUT2D eigenvalue weighted by Crippen LogP contribution is 2.21. The third-order valence-electron chi connectivity index (χ3n) is 1.14. The average Bonchev–Trinajstić information content (AvgIpc) is 1.89. The molecule has 1 aliphatic heterocycles. The van der Waals surface area contributed by atoms with Crippen LogP contribution in [0.2, 0.25) is 0 Å². The summed E-state index contributed by atoms with van der Waals surface area (Å²) < 4.78 is 1.48. The Balaban J connectivity index is 2.88. The van der Waals surface area contributed by atoms with Crippen LogP contribution in [0.3, 0.4) is 0 Å². The van der Waals surface area contributed by atoms with Gasteiger partial charge < -0.3 is 0 Å². The van der Waals surface area contributed by atoms with Crippen molar-refractivity contribution in [3.8, 4) is 0 Å². The van der Waals surface area contributed by atoms with Gasteiger partial charge in [0, 0.05) is 4.20 Å². The highest BCUT2D eigenvalue weighted by molar-refractivity contribution is 8.35. The van der Waals surface area contributed by atoms with Crippen molar-refractivity contribution in [2.75, 3.05) is 12.5 Å². The molecular formula is C7H10S2. The van der Waals surface area contributed by atoms with Gasteiger partial charge in [0.2, 0.25) is 0 Å². The van der Waals surface area contributed by atoms with E-state index in [2.05, 4.69) is 36.1 Å². The highest BCUT2D eigenvalue weighted by Gasteiger charge is 1.93. The zero-order valence-electron chi connectivity index (χ0n) is 5.63. The van der Waals surface area contributed by atoms with Gasteiger partial charge in [-0.05, 0) is 24.0 Å². The smallest absolute Gasteiger partial charge is 0.0341 e. The van der Waals surface area contributed by atoms with E-state index in [1.807, 2.05) is 11.8 Å². The maximum atomic E-state index is 2.24. The zero-order chi connectivity index (χ0) is 6.69. The van der Waals surface area contributed by atoms with Gasteiger partial charge in [0.25, 0.3) is 0 Å². The molecule has 1 aliphatic rings. The molecule has 0 radical (unpaired) electrons. The SMILES string of the molecule is CSC1=S(C)C=CC=C1. The number of allylic oxidation sites excluding steroid dienone is 2. The molecule has 0 aromatic heterocycles. The van der Waals surface area contributed by atoms with Gasteiger partial charge in [-0.2, -0.15) is 10.5 Å². The van der Waals surface area contributed by atoms with Crippen molar-refractivity contribution in [3.05, 3.63) is 23.6 Å². The molecule has 0 nitrogen and oxygen atoms in total. The fourth-order valence-electron chi connectivity index (χ4n) is 0.671. The first-order valence-corrected chi connectivity index (χ1v) is 5.67. The van der Waals surface area contributed by atoms with E-state index >= 15 is 0 Å². The number of rotatable bonds is 0. The first kappa shape index (κ1) is 7.16. The van der Waals surface area contributed by atoms with Gasteiger partial charge in [0.05, 0.1) is 0 Å². The fraction of sp³-hybridized carbons (Fsp3) is 0.286. The van der Waals surface area contributed by atoms with Crippen molar-refractivity contribution in [1.82, 2.24) is 0 Å². The lowest BCUT2D eigenvalue weighted by Crippen LogP contribution is -1.86. The van der Waals surface area contributed by atoms with Crippen molar-refractivity contribution in [3.63, 3.8) is 0 Å². The van der Waals surface area contributed by atoms with Crippen LogP contribution < -0.4 is 0 Å². The van der Waals surface area contributed by atoms with Crippen molar-refractivity contribution in [2.24, 2.45) is 0 Å². The third-order valence-corrected chi connectivity index (χ3v) is 4.31. The molecule has 1 atom stereocenters. The van der Waals surface area contributed by atoms with Crippen LogP contribution in [0.4, 0.5) is 0 Å². The molecule has 0 fully saturated rings. The van der Waals surface area contributed by atoms with Gasteiger partial charge in [0.15, 0.2) is 0 Å². The second-order valence-electron chi connectivity index (χ2n) is 1.77. The topological polar surface area (TPSA) is 0 Å². The fourth-order valence-corrected chi connectivity index (χ4v) is 2.86. The Kier molecular flexibility index (Phi) is 2.61. The van der Waals surface area contributed by atoms with Crippen LogP contribution in [0.1, 0.15) is 0 Å². The van der Waals surface area contributed by atoms with E-state index in [-0.39, 0.29) is 0 Å². The van der Waals surface area contributed by atoms with Crippen molar-refractivity contribution >= 4 is 26.4 Å². The maximum Gasteiger partial charge on any atom is 0.0341 e. The predicted octanol–water partition coefficient (Wildman–Crippen LogP) is 2.46. The molecule has 0 aliphatic carbocycles. The molecule has 1 heterocycles. The van der Waals surface area contributed by atoms with Crippen LogP contribution in [0.25, 0.3) is 0 Å². The normalized spacial score (nSPS) is 25.1. The molecule has 0 aromatic carbocycles. The Morgan fingerprint density at radius 3 is 2.67 bits per heavy atom. The molecule has 0 spiro atoms. The highest BCUT2D eigenvalue weighted by atomic mass is 32.2. The molecule has 0 saturated carbocycles. The minimum Gasteiger partial charge on any atom is -0.152 e. The average molecular weight is 158 g/mol. The summed E-state index contributed by atoms with van der Waals surface area (Å²) in [6.45, 7) is 0. The molecule has 0 saturated heterocycles. The molecule has 1 rings (SSSR count). The molecule has 0 bridgehead atoms. The summed E-state index contributed by atoms with van der Waals surface area (Å²) in [5.41, 5.74) is 0. The quantitative estimate of drug-likeness (QED) is 0.488. The predicted molar refractivity (Wildman–Crippen MR) is 50.3 cm³/mol. The van der Waals surface area contributed by atoms with Gasteiger partial charge in [0.1, 0.15) is 0 Å². The van der Waals surface area contributed by atoms with Gasteiger partial charge in [-0.1, -0.05) is 12.2 Å². The van der Waals surface area contributed by atoms with E-state index in [4.69, 9.17) is 0 Å². The van der Waals surface area contributed by atoms with Crippen LogP contribution in [0, 0.1) is 0 Å². The summed E-state index contributed by atoms with van der Waals surface area (Å²) in [6, 6.07) is 0. The Morgan fingerprint density at radius 2 is 2.22 bits per heavy atom. The first-order chi connectivity index (χ1) is 4.34. The number of thioether (sulfide) groups is 1. The van der Waals surface area contributed by atoms with Gasteiger partial charge >= 0.3 is 0 Å². The largest absolute Gasteiger partial charge is 0.152 e. The Hall–Kier alpha value is 0.0500. The van der Waals surface area contributed by atoms with Gasteiger partial charge in [-0.3, -0.25) is 0 Å². The van der Waals surface area contributed by atoms with Crippen LogP contribution in [0.5, 0.6) is 0 Å². The molecule has 0 amide bonds. The molecule has 1 unspecified atom stereocenters. The van der Waals surface area contributed by atoms with E-state index in [0.29, 0.717) is 10.5 Å². The van der Waals surface area contributed by atoms with Crippen molar-refractivity contribution < 1.29 is 0 Å². The molecule has 2 heteroatoms. The third kappa shape index (κ3) is 1.73. The minimum atomic E-state index is 0.384. The molecule has 50 valence electrons. The van der Waals surface area contributed by atoms with Crippen LogP contribution >= 0.6 is 22.2 Å². The van der Waals surface area contributed by atoms with E-state index in [1.54, 1.807) is 0 Å². The summed E-state index contributed by atoms with van der Waals surface area (Å²) in [6.07, 6.45) is 10.8. The van der Waals surface area contributed by atoms with E-state index in [1.165, 1.54) is 4.20 Å². The monoisotopic (exact) mass is 158 g/mol. The van der Waals surface area contributed by atoms with Crippen LogP contribution in [-0.2, 0) is 0 Å². The summed E-state index contributed by atoms with van der Waals surface area (Å²) in [5.74, 6) is 0. The van der Waals surface area contributed by atoms with Gasteiger partial charge in [-0.25, -0.2) is 0 Å². The van der Waals surface area contributed by atoms with E-state index in [9.17, 15) is 0 Å². The van der Waals surface area contributed by atoms with Gasteiger partial charge in [-0.15, -0.1) is 11.8 Å². The lowest BCUT2D eigenvalue weighted by molar-refractivity contribution is 2.05.